The Morgan fingerprint density at radius 2 is 1.87 bits per heavy atom. The third-order valence-corrected chi connectivity index (χ3v) is 5.74. The van der Waals surface area contributed by atoms with Gasteiger partial charge >= 0.3 is 0 Å². The SMILES string of the molecule is COc1cccc(NC(=O)CSc2nnc(NC(=O)COc3ccc(Cl)cc3)s2)c1. The van der Waals surface area contributed by atoms with Crippen LogP contribution in [0, 0.1) is 0 Å². The van der Waals surface area contributed by atoms with E-state index >= 15 is 0 Å². The molecule has 0 saturated heterocycles. The molecule has 1 aromatic heterocycles. The number of methoxy groups -OCH3 is 1. The Balaban J connectivity index is 1.42. The maximum atomic E-state index is 12.1. The first kappa shape index (κ1) is 21.9. The minimum atomic E-state index is -0.367. The Morgan fingerprint density at radius 3 is 2.63 bits per heavy atom. The van der Waals surface area contributed by atoms with Crippen LogP contribution >= 0.6 is 34.7 Å². The van der Waals surface area contributed by atoms with Gasteiger partial charge in [-0.25, -0.2) is 0 Å². The number of aromatic nitrogens is 2. The summed E-state index contributed by atoms with van der Waals surface area (Å²) in [6, 6.07) is 13.8. The lowest BCUT2D eigenvalue weighted by Crippen LogP contribution is -2.20. The highest BCUT2D eigenvalue weighted by Gasteiger charge is 2.11. The molecule has 0 bridgehead atoms. The van der Waals surface area contributed by atoms with Crippen LogP contribution in [-0.2, 0) is 9.59 Å². The zero-order valence-electron chi connectivity index (χ0n) is 15.8. The summed E-state index contributed by atoms with van der Waals surface area (Å²) in [5.41, 5.74) is 0.644. The van der Waals surface area contributed by atoms with E-state index in [9.17, 15) is 9.59 Å². The van der Waals surface area contributed by atoms with Crippen molar-refractivity contribution in [3.05, 3.63) is 53.6 Å². The quantitative estimate of drug-likeness (QED) is 0.365. The number of rotatable bonds is 9. The Kier molecular flexibility index (Phi) is 7.89. The summed E-state index contributed by atoms with van der Waals surface area (Å²) in [7, 11) is 1.56. The van der Waals surface area contributed by atoms with Crippen LogP contribution in [-0.4, -0.2) is 41.5 Å². The third-order valence-electron chi connectivity index (χ3n) is 3.52. The van der Waals surface area contributed by atoms with Crippen LogP contribution in [0.4, 0.5) is 10.8 Å². The van der Waals surface area contributed by atoms with Gasteiger partial charge in [0, 0.05) is 16.8 Å². The summed E-state index contributed by atoms with van der Waals surface area (Å²) < 4.78 is 11.1. The number of ether oxygens (including phenoxy) is 2. The van der Waals surface area contributed by atoms with Gasteiger partial charge in [-0.3, -0.25) is 14.9 Å². The van der Waals surface area contributed by atoms with E-state index in [1.54, 1.807) is 55.6 Å². The molecule has 0 radical (unpaired) electrons. The van der Waals surface area contributed by atoms with E-state index in [0.717, 1.165) is 0 Å². The molecule has 11 heteroatoms. The van der Waals surface area contributed by atoms with Gasteiger partial charge in [0.1, 0.15) is 11.5 Å². The Morgan fingerprint density at radius 1 is 1.07 bits per heavy atom. The molecular weight excluding hydrogens is 448 g/mol. The monoisotopic (exact) mass is 464 g/mol. The van der Waals surface area contributed by atoms with E-state index in [2.05, 4.69) is 20.8 Å². The second kappa shape index (κ2) is 10.8. The zero-order valence-corrected chi connectivity index (χ0v) is 18.1. The summed E-state index contributed by atoms with van der Waals surface area (Å²) in [6.45, 7) is -0.174. The Bertz CT molecular complexity index is 1010. The average Bonchev–Trinajstić information content (AvgIpc) is 3.19. The lowest BCUT2D eigenvalue weighted by atomic mass is 10.3. The van der Waals surface area contributed by atoms with Gasteiger partial charge in [0.25, 0.3) is 5.91 Å². The number of carbonyl (C=O) groups is 2. The van der Waals surface area contributed by atoms with Crippen molar-refractivity contribution in [1.82, 2.24) is 10.2 Å². The highest BCUT2D eigenvalue weighted by atomic mass is 35.5. The highest BCUT2D eigenvalue weighted by molar-refractivity contribution is 8.01. The molecule has 0 aliphatic heterocycles. The summed E-state index contributed by atoms with van der Waals surface area (Å²) in [4.78, 5) is 24.1. The van der Waals surface area contributed by atoms with Gasteiger partial charge in [-0.2, -0.15) is 0 Å². The predicted molar refractivity (Wildman–Crippen MR) is 118 cm³/mol. The van der Waals surface area contributed by atoms with Gasteiger partial charge in [-0.05, 0) is 36.4 Å². The van der Waals surface area contributed by atoms with Crippen molar-refractivity contribution in [2.24, 2.45) is 0 Å². The zero-order chi connectivity index (χ0) is 21.3. The first-order valence-electron chi connectivity index (χ1n) is 8.60. The Labute approximate surface area is 185 Å². The van der Waals surface area contributed by atoms with Crippen LogP contribution in [0.25, 0.3) is 0 Å². The van der Waals surface area contributed by atoms with Crippen molar-refractivity contribution < 1.29 is 19.1 Å². The Hall–Kier alpha value is -2.82. The maximum Gasteiger partial charge on any atom is 0.264 e. The molecule has 0 unspecified atom stereocenters. The molecule has 156 valence electrons. The molecule has 3 rings (SSSR count). The number of thioether (sulfide) groups is 1. The molecule has 0 saturated carbocycles. The minimum absolute atomic E-state index is 0.152. The molecule has 1 heterocycles. The molecule has 2 amide bonds. The molecule has 8 nitrogen and oxygen atoms in total. The number of halogens is 1. The molecule has 30 heavy (non-hydrogen) atoms. The van der Waals surface area contributed by atoms with E-state index in [0.29, 0.717) is 31.7 Å². The first-order valence-corrected chi connectivity index (χ1v) is 10.8. The fourth-order valence-electron chi connectivity index (χ4n) is 2.18. The summed E-state index contributed by atoms with van der Waals surface area (Å²) >= 11 is 8.20. The van der Waals surface area contributed by atoms with Gasteiger partial charge in [-0.1, -0.05) is 40.8 Å². The van der Waals surface area contributed by atoms with E-state index in [4.69, 9.17) is 21.1 Å². The molecular formula is C19H17ClN4O4S2. The van der Waals surface area contributed by atoms with Crippen molar-refractivity contribution in [3.63, 3.8) is 0 Å². The maximum absolute atomic E-state index is 12.1. The molecule has 2 N–H and O–H groups in total. The van der Waals surface area contributed by atoms with Gasteiger partial charge in [-0.15, -0.1) is 10.2 Å². The van der Waals surface area contributed by atoms with Crippen LogP contribution in [0.1, 0.15) is 0 Å². The van der Waals surface area contributed by atoms with Gasteiger partial charge < -0.3 is 14.8 Å². The lowest BCUT2D eigenvalue weighted by molar-refractivity contribution is -0.118. The summed E-state index contributed by atoms with van der Waals surface area (Å²) in [5.74, 6) is 0.786. The first-order chi connectivity index (χ1) is 14.5. The summed E-state index contributed by atoms with van der Waals surface area (Å²) in [6.07, 6.45) is 0. The van der Waals surface area contributed by atoms with E-state index < -0.39 is 0 Å². The molecule has 3 aromatic rings. The van der Waals surface area contributed by atoms with Crippen LogP contribution < -0.4 is 20.1 Å². The van der Waals surface area contributed by atoms with Crippen LogP contribution in [0.3, 0.4) is 0 Å². The molecule has 0 fully saturated rings. The van der Waals surface area contributed by atoms with Gasteiger partial charge in [0.2, 0.25) is 11.0 Å². The molecule has 0 atom stereocenters. The van der Waals surface area contributed by atoms with Crippen molar-refractivity contribution >= 4 is 57.3 Å². The molecule has 0 aliphatic carbocycles. The molecule has 0 spiro atoms. The van der Waals surface area contributed by atoms with Crippen LogP contribution in [0.5, 0.6) is 11.5 Å². The molecule has 2 aromatic carbocycles. The van der Waals surface area contributed by atoms with E-state index in [1.807, 2.05) is 0 Å². The number of amides is 2. The van der Waals surface area contributed by atoms with Crippen molar-refractivity contribution in [2.45, 2.75) is 4.34 Å². The number of hydrogen-bond acceptors (Lipinski definition) is 8. The third kappa shape index (κ3) is 6.90. The smallest absolute Gasteiger partial charge is 0.264 e. The second-order valence-electron chi connectivity index (χ2n) is 5.73. The number of anilines is 2. The summed E-state index contributed by atoms with van der Waals surface area (Å²) in [5, 5.41) is 14.2. The van der Waals surface area contributed by atoms with E-state index in [-0.39, 0.29) is 24.2 Å². The lowest BCUT2D eigenvalue weighted by Gasteiger charge is -2.06. The van der Waals surface area contributed by atoms with Crippen LogP contribution in [0.2, 0.25) is 5.02 Å². The van der Waals surface area contributed by atoms with Gasteiger partial charge in [0.05, 0.1) is 12.9 Å². The largest absolute Gasteiger partial charge is 0.497 e. The average molecular weight is 465 g/mol. The topological polar surface area (TPSA) is 102 Å². The predicted octanol–water partition coefficient (Wildman–Crippen LogP) is 3.95. The fourth-order valence-corrected chi connectivity index (χ4v) is 3.87. The van der Waals surface area contributed by atoms with E-state index in [1.165, 1.54) is 23.1 Å². The number of nitrogens with zero attached hydrogens (tertiary/aromatic N) is 2. The molecule has 0 aliphatic rings. The second-order valence-corrected chi connectivity index (χ2v) is 8.37. The standard InChI is InChI=1S/C19H17ClN4O4S2/c1-27-15-4-2-3-13(9-15)21-17(26)11-29-19-24-23-18(30-19)22-16(25)10-28-14-7-5-12(20)6-8-14/h2-9H,10-11H2,1H3,(H,21,26)(H,22,23,25). The van der Waals surface area contributed by atoms with Crippen molar-refractivity contribution in [2.75, 3.05) is 30.1 Å². The number of carbonyl (C=O) groups excluding carboxylic acids is 2. The number of benzene rings is 2. The minimum Gasteiger partial charge on any atom is -0.497 e. The normalized spacial score (nSPS) is 10.3. The van der Waals surface area contributed by atoms with Crippen molar-refractivity contribution in [3.8, 4) is 11.5 Å². The number of nitrogens with one attached hydrogen (secondary N) is 2. The van der Waals surface area contributed by atoms with Gasteiger partial charge in [0.15, 0.2) is 10.9 Å². The number of hydrogen-bond donors (Lipinski definition) is 2. The van der Waals surface area contributed by atoms with Crippen LogP contribution in [0.15, 0.2) is 52.9 Å². The fraction of sp³-hybridized carbons (Fsp3) is 0.158. The van der Waals surface area contributed by atoms with Crippen molar-refractivity contribution in [1.29, 1.82) is 0 Å². The highest BCUT2D eigenvalue weighted by Crippen LogP contribution is 2.26.